The van der Waals surface area contributed by atoms with Crippen LogP contribution in [0.4, 0.5) is 0 Å². The maximum absolute atomic E-state index is 11.3. The van der Waals surface area contributed by atoms with Crippen molar-refractivity contribution in [1.82, 2.24) is 0 Å². The second kappa shape index (κ2) is 7.84. The number of carbonyl (C=O) groups is 2. The van der Waals surface area contributed by atoms with Crippen LogP contribution in [0.25, 0.3) is 0 Å². The van der Waals surface area contributed by atoms with Crippen molar-refractivity contribution in [3.8, 4) is 11.8 Å². The Balaban J connectivity index is 2.31. The predicted molar refractivity (Wildman–Crippen MR) is 64.2 cm³/mol. The molecule has 100 valence electrons. The van der Waals surface area contributed by atoms with E-state index in [4.69, 9.17) is 14.7 Å². The van der Waals surface area contributed by atoms with E-state index in [0.717, 1.165) is 0 Å². The number of rotatable bonds is 6. The standard InChI is InChI=1S/C13H13NO5/c1-2-18-12(15)8-17-9-13(16)19-11-5-3-10(7-14)4-6-11/h3-6H,2,8-9H2,1H3. The lowest BCUT2D eigenvalue weighted by molar-refractivity contribution is -0.151. The summed E-state index contributed by atoms with van der Waals surface area (Å²) < 4.78 is 14.4. The summed E-state index contributed by atoms with van der Waals surface area (Å²) >= 11 is 0. The van der Waals surface area contributed by atoms with Crippen molar-refractivity contribution in [2.75, 3.05) is 19.8 Å². The molecule has 1 aromatic carbocycles. The summed E-state index contributed by atoms with van der Waals surface area (Å²) in [7, 11) is 0. The molecule has 0 amide bonds. The topological polar surface area (TPSA) is 85.6 Å². The number of ether oxygens (including phenoxy) is 3. The van der Waals surface area contributed by atoms with Crippen LogP contribution in [0, 0.1) is 11.3 Å². The summed E-state index contributed by atoms with van der Waals surface area (Å²) in [4.78, 5) is 22.3. The Morgan fingerprint density at radius 2 is 1.79 bits per heavy atom. The molecule has 1 rings (SSSR count). The van der Waals surface area contributed by atoms with Gasteiger partial charge in [-0.15, -0.1) is 0 Å². The molecule has 0 aliphatic heterocycles. The van der Waals surface area contributed by atoms with E-state index in [-0.39, 0.29) is 19.8 Å². The van der Waals surface area contributed by atoms with Crippen LogP contribution >= 0.6 is 0 Å². The number of benzene rings is 1. The predicted octanol–water partition coefficient (Wildman–Crippen LogP) is 1.04. The van der Waals surface area contributed by atoms with Crippen molar-refractivity contribution in [3.05, 3.63) is 29.8 Å². The normalized spacial score (nSPS) is 9.47. The maximum atomic E-state index is 11.3. The molecule has 0 N–H and O–H groups in total. The monoisotopic (exact) mass is 263 g/mol. The third-order valence-corrected chi connectivity index (χ3v) is 1.96. The van der Waals surface area contributed by atoms with Gasteiger partial charge in [0.05, 0.1) is 18.2 Å². The van der Waals surface area contributed by atoms with Gasteiger partial charge in [0.15, 0.2) is 0 Å². The van der Waals surface area contributed by atoms with Crippen LogP contribution in [0.1, 0.15) is 12.5 Å². The molecular formula is C13H13NO5. The lowest BCUT2D eigenvalue weighted by Gasteiger charge is -2.05. The molecule has 0 aliphatic rings. The third kappa shape index (κ3) is 5.66. The molecule has 19 heavy (non-hydrogen) atoms. The quantitative estimate of drug-likeness (QED) is 0.563. The minimum Gasteiger partial charge on any atom is -0.464 e. The van der Waals surface area contributed by atoms with Crippen molar-refractivity contribution in [2.24, 2.45) is 0 Å². The van der Waals surface area contributed by atoms with Gasteiger partial charge < -0.3 is 14.2 Å². The molecule has 0 spiro atoms. The van der Waals surface area contributed by atoms with Crippen LogP contribution in [-0.4, -0.2) is 31.8 Å². The lowest BCUT2D eigenvalue weighted by Crippen LogP contribution is -2.20. The molecule has 6 nitrogen and oxygen atoms in total. The first-order chi connectivity index (χ1) is 9.15. The van der Waals surface area contributed by atoms with Crippen LogP contribution in [0.5, 0.6) is 5.75 Å². The number of carbonyl (C=O) groups excluding carboxylic acids is 2. The Bertz CT molecular complexity index is 475. The molecule has 0 aromatic heterocycles. The van der Waals surface area contributed by atoms with Gasteiger partial charge >= 0.3 is 11.9 Å². The van der Waals surface area contributed by atoms with E-state index in [1.807, 2.05) is 6.07 Å². The fourth-order valence-corrected chi connectivity index (χ4v) is 1.18. The molecule has 1 aromatic rings. The van der Waals surface area contributed by atoms with E-state index in [1.165, 1.54) is 24.3 Å². The molecule has 0 saturated heterocycles. The summed E-state index contributed by atoms with van der Waals surface area (Å²) in [5.74, 6) is -0.855. The van der Waals surface area contributed by atoms with Crippen LogP contribution in [-0.2, 0) is 19.1 Å². The first kappa shape index (κ1) is 14.7. The number of nitrogens with zero attached hydrogens (tertiary/aromatic N) is 1. The van der Waals surface area contributed by atoms with Crippen molar-refractivity contribution < 1.29 is 23.8 Å². The van der Waals surface area contributed by atoms with Gasteiger partial charge in [0, 0.05) is 0 Å². The molecule has 0 bridgehead atoms. The Kier molecular flexibility index (Phi) is 6.06. The average molecular weight is 263 g/mol. The fourth-order valence-electron chi connectivity index (χ4n) is 1.18. The smallest absolute Gasteiger partial charge is 0.337 e. The Morgan fingerprint density at radius 1 is 1.16 bits per heavy atom. The second-order valence-electron chi connectivity index (χ2n) is 3.41. The third-order valence-electron chi connectivity index (χ3n) is 1.96. The maximum Gasteiger partial charge on any atom is 0.337 e. The zero-order chi connectivity index (χ0) is 14.1. The highest BCUT2D eigenvalue weighted by Gasteiger charge is 2.08. The molecule has 0 radical (unpaired) electrons. The molecule has 0 aliphatic carbocycles. The highest BCUT2D eigenvalue weighted by Crippen LogP contribution is 2.11. The minimum atomic E-state index is -0.631. The van der Waals surface area contributed by atoms with Gasteiger partial charge in [-0.05, 0) is 31.2 Å². The van der Waals surface area contributed by atoms with Gasteiger partial charge in [0.1, 0.15) is 19.0 Å². The first-order valence-corrected chi connectivity index (χ1v) is 5.60. The van der Waals surface area contributed by atoms with Crippen LogP contribution in [0.2, 0.25) is 0 Å². The average Bonchev–Trinajstić information content (AvgIpc) is 2.40. The van der Waals surface area contributed by atoms with E-state index in [9.17, 15) is 9.59 Å². The zero-order valence-electron chi connectivity index (χ0n) is 10.4. The SMILES string of the molecule is CCOC(=O)COCC(=O)Oc1ccc(C#N)cc1. The minimum absolute atomic E-state index is 0.262. The largest absolute Gasteiger partial charge is 0.464 e. The molecule has 0 unspecified atom stereocenters. The first-order valence-electron chi connectivity index (χ1n) is 5.60. The van der Waals surface area contributed by atoms with Crippen LogP contribution in [0.15, 0.2) is 24.3 Å². The van der Waals surface area contributed by atoms with Gasteiger partial charge in [0.2, 0.25) is 0 Å². The van der Waals surface area contributed by atoms with E-state index >= 15 is 0 Å². The lowest BCUT2D eigenvalue weighted by atomic mass is 10.2. The molecular weight excluding hydrogens is 250 g/mol. The van der Waals surface area contributed by atoms with E-state index in [0.29, 0.717) is 11.3 Å². The summed E-state index contributed by atoms with van der Waals surface area (Å²) in [6, 6.07) is 8.01. The highest BCUT2D eigenvalue weighted by molar-refractivity contribution is 5.75. The van der Waals surface area contributed by atoms with Gasteiger partial charge in [-0.2, -0.15) is 5.26 Å². The summed E-state index contributed by atoms with van der Waals surface area (Å²) in [6.07, 6.45) is 0. The molecule has 0 fully saturated rings. The van der Waals surface area contributed by atoms with Gasteiger partial charge in [0.25, 0.3) is 0 Å². The zero-order valence-corrected chi connectivity index (χ0v) is 10.4. The van der Waals surface area contributed by atoms with Crippen molar-refractivity contribution >= 4 is 11.9 Å². The number of esters is 2. The van der Waals surface area contributed by atoms with Crippen LogP contribution < -0.4 is 4.74 Å². The summed E-state index contributed by atoms with van der Waals surface area (Å²) in [6.45, 7) is 1.30. The van der Waals surface area contributed by atoms with Gasteiger partial charge in [-0.1, -0.05) is 0 Å². The Labute approximate surface area is 110 Å². The highest BCUT2D eigenvalue weighted by atomic mass is 16.6. The molecule has 0 saturated carbocycles. The number of hydrogen-bond donors (Lipinski definition) is 0. The van der Waals surface area contributed by atoms with E-state index in [2.05, 4.69) is 4.74 Å². The summed E-state index contributed by atoms with van der Waals surface area (Å²) in [5.41, 5.74) is 0.471. The van der Waals surface area contributed by atoms with Gasteiger partial charge in [-0.25, -0.2) is 9.59 Å². The second-order valence-corrected chi connectivity index (χ2v) is 3.41. The van der Waals surface area contributed by atoms with E-state index in [1.54, 1.807) is 6.92 Å². The fraction of sp³-hybridized carbons (Fsp3) is 0.308. The molecule has 0 atom stereocenters. The van der Waals surface area contributed by atoms with Gasteiger partial charge in [-0.3, -0.25) is 0 Å². The van der Waals surface area contributed by atoms with Crippen molar-refractivity contribution in [3.63, 3.8) is 0 Å². The molecule has 6 heteroatoms. The Morgan fingerprint density at radius 3 is 2.37 bits per heavy atom. The van der Waals surface area contributed by atoms with Crippen molar-refractivity contribution in [2.45, 2.75) is 6.92 Å². The molecule has 0 heterocycles. The van der Waals surface area contributed by atoms with Crippen LogP contribution in [0.3, 0.4) is 0 Å². The Hall–Kier alpha value is -2.39. The summed E-state index contributed by atoms with van der Waals surface area (Å²) in [5, 5.41) is 8.60. The number of hydrogen-bond acceptors (Lipinski definition) is 6. The number of nitriles is 1. The van der Waals surface area contributed by atoms with Crippen molar-refractivity contribution in [1.29, 1.82) is 5.26 Å². The van der Waals surface area contributed by atoms with E-state index < -0.39 is 11.9 Å².